The zero-order chi connectivity index (χ0) is 23.5. The van der Waals surface area contributed by atoms with E-state index in [1.807, 2.05) is 39.0 Å². The van der Waals surface area contributed by atoms with E-state index in [2.05, 4.69) is 15.6 Å². The van der Waals surface area contributed by atoms with Gasteiger partial charge in [-0.15, -0.1) is 5.10 Å². The van der Waals surface area contributed by atoms with Crippen LogP contribution >= 0.6 is 0 Å². The van der Waals surface area contributed by atoms with Gasteiger partial charge in [-0.1, -0.05) is 56.3 Å². The second-order valence-electron chi connectivity index (χ2n) is 9.26. The van der Waals surface area contributed by atoms with Crippen molar-refractivity contribution in [3.05, 3.63) is 47.8 Å². The second kappa shape index (κ2) is 9.60. The number of β-amino-alcohol motifs (C(OH)–C–C–N with tert-alkyl or cyclic N) is 1. The van der Waals surface area contributed by atoms with Crippen LogP contribution in [0, 0.1) is 5.41 Å². The number of rotatable bonds is 7. The molecule has 172 valence electrons. The van der Waals surface area contributed by atoms with Crippen molar-refractivity contribution in [1.29, 1.82) is 0 Å². The molecule has 1 aromatic carbocycles. The molecule has 1 aliphatic rings. The van der Waals surface area contributed by atoms with Gasteiger partial charge in [0.25, 0.3) is 0 Å². The normalized spacial score (nSPS) is 19.6. The zero-order valence-corrected chi connectivity index (χ0v) is 19.0. The molecule has 1 saturated heterocycles. The van der Waals surface area contributed by atoms with Gasteiger partial charge in [-0.2, -0.15) is 0 Å². The van der Waals surface area contributed by atoms with E-state index in [1.54, 1.807) is 18.3 Å². The molecule has 0 radical (unpaired) electrons. The van der Waals surface area contributed by atoms with Crippen LogP contribution < -0.4 is 5.32 Å². The number of Topliss-reactive ketones (excluding diaryl/α,β-unsaturated/α-hetero) is 1. The summed E-state index contributed by atoms with van der Waals surface area (Å²) < 4.78 is 1.51. The summed E-state index contributed by atoms with van der Waals surface area (Å²) in [4.78, 5) is 39.6. The fourth-order valence-electron chi connectivity index (χ4n) is 4.07. The summed E-state index contributed by atoms with van der Waals surface area (Å²) in [6, 6.07) is 7.63. The first-order valence-electron chi connectivity index (χ1n) is 10.8. The smallest absolute Gasteiger partial charge is 0.248 e. The largest absolute Gasteiger partial charge is 0.391 e. The lowest BCUT2D eigenvalue weighted by molar-refractivity contribution is -0.144. The molecular formula is C23H31N5O4. The number of hydrogen-bond acceptors (Lipinski definition) is 6. The number of amides is 2. The summed E-state index contributed by atoms with van der Waals surface area (Å²) in [6.45, 7) is 5.84. The number of carbonyl (C=O) groups excluding carboxylic acids is 3. The van der Waals surface area contributed by atoms with E-state index in [-0.39, 0.29) is 37.0 Å². The molecule has 0 aliphatic carbocycles. The first-order chi connectivity index (χ1) is 15.1. The Labute approximate surface area is 187 Å². The van der Waals surface area contributed by atoms with Gasteiger partial charge in [0.05, 0.1) is 11.8 Å². The van der Waals surface area contributed by atoms with Gasteiger partial charge in [-0.05, 0) is 5.41 Å². The van der Waals surface area contributed by atoms with Gasteiger partial charge in [-0.25, -0.2) is 4.68 Å². The van der Waals surface area contributed by atoms with Crippen molar-refractivity contribution in [2.24, 2.45) is 5.41 Å². The van der Waals surface area contributed by atoms with E-state index >= 15 is 0 Å². The molecule has 2 N–H and O–H groups in total. The number of hydrogen-bond donors (Lipinski definition) is 2. The zero-order valence-electron chi connectivity index (χ0n) is 19.0. The fraction of sp³-hybridized carbons (Fsp3) is 0.522. The van der Waals surface area contributed by atoms with Crippen molar-refractivity contribution in [2.45, 2.75) is 58.2 Å². The first-order valence-corrected chi connectivity index (χ1v) is 10.8. The summed E-state index contributed by atoms with van der Waals surface area (Å²) in [6.07, 6.45) is 1.83. The van der Waals surface area contributed by atoms with Crippen LogP contribution in [0.4, 0.5) is 0 Å². The molecule has 1 fully saturated rings. The highest BCUT2D eigenvalue weighted by Crippen LogP contribution is 2.34. The number of aliphatic hydroxyl groups is 1. The Hall–Kier alpha value is -3.07. The number of likely N-dealkylation sites (N-methyl/N-ethyl adjacent to an activating group) is 1. The van der Waals surface area contributed by atoms with Crippen LogP contribution in [0.3, 0.4) is 0 Å². The monoisotopic (exact) mass is 441 g/mol. The second-order valence-corrected chi connectivity index (χ2v) is 9.26. The fourth-order valence-corrected chi connectivity index (χ4v) is 4.07. The topological polar surface area (TPSA) is 117 Å². The predicted octanol–water partition coefficient (Wildman–Crippen LogP) is 1.39. The molecule has 2 unspecified atom stereocenters. The average Bonchev–Trinajstić information content (AvgIpc) is 3.37. The third-order valence-corrected chi connectivity index (χ3v) is 5.69. The van der Waals surface area contributed by atoms with Gasteiger partial charge in [0.15, 0.2) is 5.78 Å². The predicted molar refractivity (Wildman–Crippen MR) is 118 cm³/mol. The van der Waals surface area contributed by atoms with Crippen molar-refractivity contribution in [3.63, 3.8) is 0 Å². The number of benzene rings is 1. The van der Waals surface area contributed by atoms with Crippen molar-refractivity contribution >= 4 is 17.6 Å². The highest BCUT2D eigenvalue weighted by molar-refractivity contribution is 5.96. The Morgan fingerprint density at radius 3 is 2.53 bits per heavy atom. The van der Waals surface area contributed by atoms with Gasteiger partial charge in [0, 0.05) is 44.6 Å². The third-order valence-electron chi connectivity index (χ3n) is 5.69. The van der Waals surface area contributed by atoms with Crippen LogP contribution in [0.25, 0.3) is 0 Å². The Bertz CT molecular complexity index is 966. The van der Waals surface area contributed by atoms with E-state index in [0.29, 0.717) is 17.7 Å². The SMILES string of the molecule is CNC(=O)[C@H]1CC(O)CN1C(=O)C(n1cc(CCC(=O)c2ccccc2)nn1)C(C)(C)C. The Morgan fingerprint density at radius 2 is 1.91 bits per heavy atom. The highest BCUT2D eigenvalue weighted by atomic mass is 16.3. The molecule has 0 saturated carbocycles. The van der Waals surface area contributed by atoms with Crippen LogP contribution in [-0.2, 0) is 16.0 Å². The van der Waals surface area contributed by atoms with Crippen LogP contribution in [0.1, 0.15) is 55.7 Å². The van der Waals surface area contributed by atoms with Crippen molar-refractivity contribution in [2.75, 3.05) is 13.6 Å². The lowest BCUT2D eigenvalue weighted by atomic mass is 9.85. The maximum atomic E-state index is 13.5. The number of nitrogens with zero attached hydrogens (tertiary/aromatic N) is 4. The number of ketones is 1. The minimum atomic E-state index is -0.753. The number of aromatic nitrogens is 3. The molecule has 9 heteroatoms. The minimum Gasteiger partial charge on any atom is -0.391 e. The number of aryl methyl sites for hydroxylation is 1. The molecule has 1 aromatic heterocycles. The van der Waals surface area contributed by atoms with Crippen LogP contribution in [-0.4, -0.2) is 68.3 Å². The van der Waals surface area contributed by atoms with E-state index < -0.39 is 23.6 Å². The molecule has 0 spiro atoms. The lowest BCUT2D eigenvalue weighted by Gasteiger charge is -2.34. The van der Waals surface area contributed by atoms with Crippen LogP contribution in [0.2, 0.25) is 0 Å². The average molecular weight is 442 g/mol. The van der Waals surface area contributed by atoms with E-state index in [4.69, 9.17) is 0 Å². The number of nitrogens with one attached hydrogen (secondary N) is 1. The highest BCUT2D eigenvalue weighted by Gasteiger charge is 2.44. The lowest BCUT2D eigenvalue weighted by Crippen LogP contribution is -2.49. The third kappa shape index (κ3) is 5.21. The standard InChI is InChI=1S/C23H31N5O4/c1-23(2,3)20(22(32)27-14-17(29)12-18(27)21(31)24-4)28-13-16(25-26-28)10-11-19(30)15-8-6-5-7-9-15/h5-9,13,17-18,20,29H,10-12,14H2,1-4H3,(H,24,31)/t17?,18-,20?/m1/s1. The summed E-state index contributed by atoms with van der Waals surface area (Å²) in [5.41, 5.74) is 0.735. The molecule has 32 heavy (non-hydrogen) atoms. The number of aliphatic hydroxyl groups excluding tert-OH is 1. The molecule has 2 amide bonds. The minimum absolute atomic E-state index is 0.0167. The summed E-state index contributed by atoms with van der Waals surface area (Å²) in [7, 11) is 1.51. The van der Waals surface area contributed by atoms with Gasteiger partial charge in [0.2, 0.25) is 11.8 Å². The summed E-state index contributed by atoms with van der Waals surface area (Å²) in [5.74, 6) is -0.580. The van der Waals surface area contributed by atoms with Crippen LogP contribution in [0.15, 0.2) is 36.5 Å². The molecule has 2 heterocycles. The Balaban J connectivity index is 1.77. The maximum absolute atomic E-state index is 13.5. The molecule has 3 rings (SSSR count). The van der Waals surface area contributed by atoms with Crippen molar-refractivity contribution in [3.8, 4) is 0 Å². The molecule has 3 atom stereocenters. The number of likely N-dealkylation sites (tertiary alicyclic amines) is 1. The van der Waals surface area contributed by atoms with Crippen molar-refractivity contribution in [1.82, 2.24) is 25.2 Å². The molecule has 2 aromatic rings. The number of carbonyl (C=O) groups is 3. The molecular weight excluding hydrogens is 410 g/mol. The van der Waals surface area contributed by atoms with Gasteiger partial charge >= 0.3 is 0 Å². The Kier molecular flexibility index (Phi) is 7.08. The van der Waals surface area contributed by atoms with Gasteiger partial charge < -0.3 is 15.3 Å². The molecule has 9 nitrogen and oxygen atoms in total. The van der Waals surface area contributed by atoms with Crippen LogP contribution in [0.5, 0.6) is 0 Å². The van der Waals surface area contributed by atoms with Crippen molar-refractivity contribution < 1.29 is 19.5 Å². The molecule has 1 aliphatic heterocycles. The van der Waals surface area contributed by atoms with Gasteiger partial charge in [0.1, 0.15) is 12.1 Å². The van der Waals surface area contributed by atoms with E-state index in [1.165, 1.54) is 16.6 Å². The maximum Gasteiger partial charge on any atom is 0.248 e. The quantitative estimate of drug-likeness (QED) is 0.627. The molecule has 0 bridgehead atoms. The van der Waals surface area contributed by atoms with Gasteiger partial charge in [-0.3, -0.25) is 14.4 Å². The Morgan fingerprint density at radius 1 is 1.22 bits per heavy atom. The van der Waals surface area contributed by atoms with E-state index in [9.17, 15) is 19.5 Å². The first kappa shape index (κ1) is 23.6. The summed E-state index contributed by atoms with van der Waals surface area (Å²) >= 11 is 0. The van der Waals surface area contributed by atoms with E-state index in [0.717, 1.165) is 0 Å². The summed E-state index contributed by atoms with van der Waals surface area (Å²) in [5, 5.41) is 21.0.